The molecule has 0 fully saturated rings. The topological polar surface area (TPSA) is 106 Å². The summed E-state index contributed by atoms with van der Waals surface area (Å²) < 4.78 is 47.6. The molecule has 3 N–H and O–H groups in total. The van der Waals surface area contributed by atoms with Crippen LogP contribution in [0.25, 0.3) is 0 Å². The van der Waals surface area contributed by atoms with Gasteiger partial charge in [-0.15, -0.1) is 0 Å². The van der Waals surface area contributed by atoms with E-state index < -0.39 is 31.4 Å². The molecule has 0 saturated heterocycles. The first kappa shape index (κ1) is 14.9. The number of sulfonamides is 1. The summed E-state index contributed by atoms with van der Waals surface area (Å²) >= 11 is 0. The van der Waals surface area contributed by atoms with Gasteiger partial charge in [0.1, 0.15) is 9.84 Å². The summed E-state index contributed by atoms with van der Waals surface area (Å²) in [7, 11) is -6.99. The van der Waals surface area contributed by atoms with Gasteiger partial charge in [-0.05, 0) is 11.6 Å². The minimum absolute atomic E-state index is 0.199. The number of anilines is 1. The van der Waals surface area contributed by atoms with Crippen molar-refractivity contribution < 1.29 is 16.8 Å². The largest absolute Gasteiger partial charge is 0.326 e. The molecule has 6 nitrogen and oxygen atoms in total. The molecule has 102 valence electrons. The van der Waals surface area contributed by atoms with Crippen molar-refractivity contribution in [1.29, 1.82) is 0 Å². The Morgan fingerprint density at radius 1 is 1.11 bits per heavy atom. The first-order chi connectivity index (χ1) is 8.23. The average Bonchev–Trinajstić information content (AvgIpc) is 2.26. The Kier molecular flexibility index (Phi) is 4.71. The Hall–Kier alpha value is -1.12. The van der Waals surface area contributed by atoms with Crippen molar-refractivity contribution in [2.75, 3.05) is 22.5 Å². The van der Waals surface area contributed by atoms with Crippen molar-refractivity contribution >= 4 is 25.5 Å². The van der Waals surface area contributed by atoms with Gasteiger partial charge in [0.25, 0.3) is 0 Å². The lowest BCUT2D eigenvalue weighted by Gasteiger charge is -2.10. The Balaban J connectivity index is 2.83. The van der Waals surface area contributed by atoms with Gasteiger partial charge in [-0.25, -0.2) is 16.8 Å². The molecule has 0 atom stereocenters. The van der Waals surface area contributed by atoms with Gasteiger partial charge >= 0.3 is 0 Å². The second-order valence-electron chi connectivity index (χ2n) is 3.91. The Morgan fingerprint density at radius 2 is 1.72 bits per heavy atom. The SMILES string of the molecule is CS(=O)(=O)CCS(=O)(=O)Nc1ccccc1CN. The zero-order chi connectivity index (χ0) is 13.8. The smallest absolute Gasteiger partial charge is 0.233 e. The van der Waals surface area contributed by atoms with Crippen molar-refractivity contribution in [3.05, 3.63) is 29.8 Å². The van der Waals surface area contributed by atoms with Crippen LogP contribution in [0.3, 0.4) is 0 Å². The van der Waals surface area contributed by atoms with Crippen LogP contribution in [-0.4, -0.2) is 34.6 Å². The van der Waals surface area contributed by atoms with Gasteiger partial charge < -0.3 is 5.73 Å². The molecule has 0 bridgehead atoms. The molecular weight excluding hydrogens is 276 g/mol. The summed E-state index contributed by atoms with van der Waals surface area (Å²) in [6, 6.07) is 6.71. The Bertz CT molecular complexity index is 609. The monoisotopic (exact) mass is 292 g/mol. The molecule has 8 heteroatoms. The highest BCUT2D eigenvalue weighted by atomic mass is 32.2. The molecule has 0 unspecified atom stereocenters. The minimum atomic E-state index is -3.69. The van der Waals surface area contributed by atoms with E-state index in [-0.39, 0.29) is 6.54 Å². The maximum atomic E-state index is 11.7. The highest BCUT2D eigenvalue weighted by molar-refractivity contribution is 7.95. The zero-order valence-electron chi connectivity index (χ0n) is 9.96. The van der Waals surface area contributed by atoms with E-state index in [1.165, 1.54) is 0 Å². The van der Waals surface area contributed by atoms with Crippen molar-refractivity contribution in [3.8, 4) is 0 Å². The van der Waals surface area contributed by atoms with Crippen LogP contribution in [-0.2, 0) is 26.4 Å². The molecular formula is C10H16N2O4S2. The van der Waals surface area contributed by atoms with Crippen LogP contribution in [0.1, 0.15) is 5.56 Å². The van der Waals surface area contributed by atoms with Crippen LogP contribution < -0.4 is 10.5 Å². The molecule has 0 aliphatic carbocycles. The molecule has 1 aromatic rings. The summed E-state index contributed by atoms with van der Waals surface area (Å²) in [6.45, 7) is 0.199. The summed E-state index contributed by atoms with van der Waals surface area (Å²) in [4.78, 5) is 0. The third-order valence-electron chi connectivity index (χ3n) is 2.23. The third kappa shape index (κ3) is 5.03. The van der Waals surface area contributed by atoms with Crippen molar-refractivity contribution in [2.45, 2.75) is 6.54 Å². The molecule has 0 aliphatic heterocycles. The van der Waals surface area contributed by atoms with Gasteiger partial charge in [0, 0.05) is 12.8 Å². The molecule has 0 aromatic heterocycles. The van der Waals surface area contributed by atoms with Gasteiger partial charge in [0.2, 0.25) is 10.0 Å². The lowest BCUT2D eigenvalue weighted by molar-refractivity contribution is 0.593. The predicted octanol–water partition coefficient (Wildman–Crippen LogP) is -0.0684. The van der Waals surface area contributed by atoms with E-state index in [2.05, 4.69) is 4.72 Å². The maximum absolute atomic E-state index is 11.7. The lowest BCUT2D eigenvalue weighted by atomic mass is 10.2. The fraction of sp³-hybridized carbons (Fsp3) is 0.400. The van der Waals surface area contributed by atoms with Gasteiger partial charge in [0.15, 0.2) is 0 Å². The quantitative estimate of drug-likeness (QED) is 0.763. The number of nitrogens with one attached hydrogen (secondary N) is 1. The molecule has 1 rings (SSSR count). The summed E-state index contributed by atoms with van der Waals surface area (Å²) in [5.41, 5.74) is 6.52. The highest BCUT2D eigenvalue weighted by Crippen LogP contribution is 2.15. The van der Waals surface area contributed by atoms with Gasteiger partial charge in [-0.3, -0.25) is 4.72 Å². The van der Waals surface area contributed by atoms with Crippen molar-refractivity contribution in [1.82, 2.24) is 0 Å². The second-order valence-corrected chi connectivity index (χ2v) is 8.01. The number of hydrogen-bond donors (Lipinski definition) is 2. The Morgan fingerprint density at radius 3 is 2.28 bits per heavy atom. The third-order valence-corrected chi connectivity index (χ3v) is 4.70. The van der Waals surface area contributed by atoms with Crippen LogP contribution in [0.15, 0.2) is 24.3 Å². The van der Waals surface area contributed by atoms with E-state index in [1.807, 2.05) is 0 Å². The summed E-state index contributed by atoms with van der Waals surface area (Å²) in [5, 5.41) is 0. The number of rotatable bonds is 6. The van der Waals surface area contributed by atoms with E-state index in [0.29, 0.717) is 11.3 Å². The lowest BCUT2D eigenvalue weighted by Crippen LogP contribution is -2.23. The molecule has 0 radical (unpaired) electrons. The summed E-state index contributed by atoms with van der Waals surface area (Å²) in [6.07, 6.45) is 0.996. The molecule has 0 aliphatic rings. The van der Waals surface area contributed by atoms with Crippen LogP contribution >= 0.6 is 0 Å². The number of sulfone groups is 1. The summed E-state index contributed by atoms with van der Waals surface area (Å²) in [5.74, 6) is -0.877. The predicted molar refractivity (Wildman–Crippen MR) is 71.5 cm³/mol. The normalized spacial score (nSPS) is 12.3. The standard InChI is InChI=1S/C10H16N2O4S2/c1-17(13,14)6-7-18(15,16)12-10-5-3-2-4-9(10)8-11/h2-5,12H,6-8,11H2,1H3. The van der Waals surface area contributed by atoms with E-state index in [9.17, 15) is 16.8 Å². The van der Waals surface area contributed by atoms with E-state index in [0.717, 1.165) is 6.26 Å². The van der Waals surface area contributed by atoms with Gasteiger partial charge in [-0.2, -0.15) is 0 Å². The van der Waals surface area contributed by atoms with Gasteiger partial charge in [-0.1, -0.05) is 18.2 Å². The fourth-order valence-corrected chi connectivity index (χ4v) is 4.00. The first-order valence-electron chi connectivity index (χ1n) is 5.20. The minimum Gasteiger partial charge on any atom is -0.326 e. The van der Waals surface area contributed by atoms with E-state index in [4.69, 9.17) is 5.73 Å². The Labute approximate surface area is 107 Å². The molecule has 0 amide bonds. The number of benzene rings is 1. The first-order valence-corrected chi connectivity index (χ1v) is 8.91. The van der Waals surface area contributed by atoms with Crippen LogP contribution in [0.4, 0.5) is 5.69 Å². The molecule has 0 spiro atoms. The van der Waals surface area contributed by atoms with Crippen molar-refractivity contribution in [2.24, 2.45) is 5.73 Å². The van der Waals surface area contributed by atoms with Crippen LogP contribution in [0.2, 0.25) is 0 Å². The molecule has 18 heavy (non-hydrogen) atoms. The number of nitrogens with two attached hydrogens (primary N) is 1. The second kappa shape index (κ2) is 5.68. The van der Waals surface area contributed by atoms with Crippen LogP contribution in [0, 0.1) is 0 Å². The zero-order valence-corrected chi connectivity index (χ0v) is 11.6. The number of hydrogen-bond acceptors (Lipinski definition) is 5. The molecule has 0 saturated carbocycles. The number of para-hydroxylation sites is 1. The average molecular weight is 292 g/mol. The fourth-order valence-electron chi connectivity index (χ4n) is 1.28. The molecule has 1 aromatic carbocycles. The maximum Gasteiger partial charge on any atom is 0.233 e. The van der Waals surface area contributed by atoms with Crippen LogP contribution in [0.5, 0.6) is 0 Å². The molecule has 0 heterocycles. The van der Waals surface area contributed by atoms with E-state index in [1.54, 1.807) is 24.3 Å². The van der Waals surface area contributed by atoms with Crippen molar-refractivity contribution in [3.63, 3.8) is 0 Å². The highest BCUT2D eigenvalue weighted by Gasteiger charge is 2.15. The van der Waals surface area contributed by atoms with E-state index >= 15 is 0 Å². The van der Waals surface area contributed by atoms with Gasteiger partial charge in [0.05, 0.1) is 17.2 Å².